The van der Waals surface area contributed by atoms with Crippen molar-refractivity contribution in [1.82, 2.24) is 19.7 Å². The van der Waals surface area contributed by atoms with Crippen molar-refractivity contribution in [3.63, 3.8) is 0 Å². The molecule has 2 aromatic heterocycles. The third-order valence-electron chi connectivity index (χ3n) is 5.44. The van der Waals surface area contributed by atoms with Gasteiger partial charge in [-0.3, -0.25) is 14.5 Å². The van der Waals surface area contributed by atoms with Crippen LogP contribution in [-0.2, 0) is 17.8 Å². The number of amides is 1. The number of aromatic amines is 1. The quantitative estimate of drug-likeness (QED) is 0.291. The largest absolute Gasteiger partial charge is 0.302 e. The van der Waals surface area contributed by atoms with Crippen LogP contribution in [0.5, 0.6) is 0 Å². The monoisotopic (exact) mass is 477 g/mol. The Morgan fingerprint density at radius 3 is 2.48 bits per heavy atom. The predicted molar refractivity (Wildman–Crippen MR) is 137 cm³/mol. The fourth-order valence-corrected chi connectivity index (χ4v) is 4.75. The smallest absolute Gasteiger partial charge is 0.227 e. The number of aromatic nitrogens is 4. The number of anilines is 1. The molecule has 2 heterocycles. The van der Waals surface area contributed by atoms with Gasteiger partial charge in [0.15, 0.2) is 15.7 Å². The molecule has 0 spiro atoms. The maximum Gasteiger partial charge on any atom is 0.227 e. The maximum absolute atomic E-state index is 12.7. The molecule has 0 saturated carbocycles. The fourth-order valence-electron chi connectivity index (χ4n) is 3.68. The third-order valence-corrected chi connectivity index (χ3v) is 6.64. The lowest BCUT2D eigenvalue weighted by Crippen LogP contribution is -2.15. The molecule has 0 radical (unpaired) electrons. The molecule has 4 rings (SSSR count). The lowest BCUT2D eigenvalue weighted by atomic mass is 10.1. The van der Waals surface area contributed by atoms with E-state index in [1.807, 2.05) is 42.7 Å². The zero-order valence-corrected chi connectivity index (χ0v) is 20.6. The first-order chi connectivity index (χ1) is 15.9. The second kappa shape index (κ2) is 10.2. The average molecular weight is 478 g/mol. The zero-order chi connectivity index (χ0) is 23.4. The molecule has 0 saturated heterocycles. The molecular formula is C25H27N5OS2. The van der Waals surface area contributed by atoms with Crippen LogP contribution in [0.1, 0.15) is 35.8 Å². The van der Waals surface area contributed by atoms with Gasteiger partial charge in [0, 0.05) is 29.0 Å². The van der Waals surface area contributed by atoms with Crippen molar-refractivity contribution in [1.29, 1.82) is 0 Å². The van der Waals surface area contributed by atoms with Crippen molar-refractivity contribution in [2.75, 3.05) is 5.32 Å². The summed E-state index contributed by atoms with van der Waals surface area (Å²) in [5.41, 5.74) is 5.44. The first-order valence-corrected chi connectivity index (χ1v) is 12.3. The zero-order valence-electron chi connectivity index (χ0n) is 19.0. The summed E-state index contributed by atoms with van der Waals surface area (Å²) in [5, 5.41) is 10.7. The normalized spacial score (nSPS) is 11.0. The van der Waals surface area contributed by atoms with Crippen molar-refractivity contribution in [3.8, 4) is 22.6 Å². The van der Waals surface area contributed by atoms with Crippen LogP contribution in [0.15, 0.2) is 48.5 Å². The number of H-pyrrole nitrogens is 1. The molecule has 0 aliphatic heterocycles. The Morgan fingerprint density at radius 1 is 1.09 bits per heavy atom. The van der Waals surface area contributed by atoms with Crippen LogP contribution in [0.25, 0.3) is 22.6 Å². The van der Waals surface area contributed by atoms with Gasteiger partial charge in [-0.1, -0.05) is 67.4 Å². The second-order valence-electron chi connectivity index (χ2n) is 8.04. The summed E-state index contributed by atoms with van der Waals surface area (Å²) >= 11 is 6.87. The van der Waals surface area contributed by atoms with Crippen molar-refractivity contribution in [2.24, 2.45) is 0 Å². The topological polar surface area (TPSA) is 75.6 Å². The summed E-state index contributed by atoms with van der Waals surface area (Å²) in [6.45, 7) is 6.68. The van der Waals surface area contributed by atoms with Gasteiger partial charge in [-0.2, -0.15) is 5.10 Å². The number of benzene rings is 2. The highest BCUT2D eigenvalue weighted by atomic mass is 32.1. The molecule has 170 valence electrons. The molecule has 0 aliphatic rings. The molecule has 33 heavy (non-hydrogen) atoms. The van der Waals surface area contributed by atoms with Gasteiger partial charge in [-0.25, -0.2) is 4.98 Å². The maximum atomic E-state index is 12.7. The summed E-state index contributed by atoms with van der Waals surface area (Å²) < 4.78 is 2.35. The highest BCUT2D eigenvalue weighted by molar-refractivity contribution is 7.71. The molecule has 0 unspecified atom stereocenters. The number of carbonyl (C=O) groups is 1. The number of thiazole rings is 1. The summed E-state index contributed by atoms with van der Waals surface area (Å²) in [6, 6.07) is 16.6. The van der Waals surface area contributed by atoms with E-state index in [4.69, 9.17) is 12.2 Å². The van der Waals surface area contributed by atoms with Gasteiger partial charge in [-0.05, 0) is 38.0 Å². The molecule has 0 aliphatic carbocycles. The van der Waals surface area contributed by atoms with Crippen LogP contribution in [0.4, 0.5) is 5.13 Å². The SMILES string of the molecule is CCCc1ccc(-c2nc(NC(=O)CCn3c(-c4ccc(C)cc4)n[nH]c3=S)sc2C)cc1. The molecule has 6 nitrogen and oxygen atoms in total. The second-order valence-corrected chi connectivity index (χ2v) is 9.63. The van der Waals surface area contributed by atoms with E-state index in [2.05, 4.69) is 51.7 Å². The van der Waals surface area contributed by atoms with Crippen LogP contribution in [0.3, 0.4) is 0 Å². The lowest BCUT2D eigenvalue weighted by Gasteiger charge is -2.07. The van der Waals surface area contributed by atoms with Crippen LogP contribution < -0.4 is 5.32 Å². The molecular weight excluding hydrogens is 450 g/mol. The summed E-state index contributed by atoms with van der Waals surface area (Å²) in [4.78, 5) is 18.4. The van der Waals surface area contributed by atoms with E-state index in [1.165, 1.54) is 22.5 Å². The summed E-state index contributed by atoms with van der Waals surface area (Å²) in [6.07, 6.45) is 2.47. The molecule has 2 aromatic carbocycles. The Balaban J connectivity index is 1.42. The fraction of sp³-hybridized carbons (Fsp3) is 0.280. The van der Waals surface area contributed by atoms with E-state index in [9.17, 15) is 4.79 Å². The van der Waals surface area contributed by atoms with E-state index in [-0.39, 0.29) is 12.3 Å². The Morgan fingerprint density at radius 2 is 1.79 bits per heavy atom. The van der Waals surface area contributed by atoms with E-state index in [0.717, 1.165) is 40.4 Å². The predicted octanol–water partition coefficient (Wildman–Crippen LogP) is 6.33. The lowest BCUT2D eigenvalue weighted by molar-refractivity contribution is -0.116. The highest BCUT2D eigenvalue weighted by Crippen LogP contribution is 2.30. The summed E-state index contributed by atoms with van der Waals surface area (Å²) in [5.74, 6) is 0.623. The van der Waals surface area contributed by atoms with Crippen molar-refractivity contribution in [3.05, 3.63) is 69.3 Å². The van der Waals surface area contributed by atoms with Crippen LogP contribution in [0.2, 0.25) is 0 Å². The van der Waals surface area contributed by atoms with Gasteiger partial charge < -0.3 is 5.32 Å². The number of hydrogen-bond donors (Lipinski definition) is 2. The first kappa shape index (κ1) is 23.1. The van der Waals surface area contributed by atoms with E-state index < -0.39 is 0 Å². The average Bonchev–Trinajstić information content (AvgIpc) is 3.35. The Kier molecular flexibility index (Phi) is 7.15. The number of hydrogen-bond acceptors (Lipinski definition) is 5. The van der Waals surface area contributed by atoms with Gasteiger partial charge >= 0.3 is 0 Å². The van der Waals surface area contributed by atoms with E-state index in [1.54, 1.807) is 0 Å². The molecule has 0 fully saturated rings. The minimum absolute atomic E-state index is 0.105. The molecule has 0 bridgehead atoms. The van der Waals surface area contributed by atoms with Gasteiger partial charge in [-0.15, -0.1) is 11.3 Å². The minimum atomic E-state index is -0.105. The number of nitrogens with zero attached hydrogens (tertiary/aromatic N) is 3. The van der Waals surface area contributed by atoms with Crippen LogP contribution >= 0.6 is 23.6 Å². The van der Waals surface area contributed by atoms with Crippen molar-refractivity contribution in [2.45, 2.75) is 46.6 Å². The standard InChI is InChI=1S/C25H27N5OS2/c1-4-5-18-8-12-19(13-9-18)22-17(3)33-24(27-22)26-21(31)14-15-30-23(28-29-25(30)32)20-10-6-16(2)7-11-20/h6-13H,4-5,14-15H2,1-3H3,(H,29,32)(H,26,27,31). The van der Waals surface area contributed by atoms with Crippen LogP contribution in [0, 0.1) is 18.6 Å². The number of rotatable bonds is 8. The Labute approximate surface area is 202 Å². The van der Waals surface area contributed by atoms with E-state index >= 15 is 0 Å². The summed E-state index contributed by atoms with van der Waals surface area (Å²) in [7, 11) is 0. The van der Waals surface area contributed by atoms with Gasteiger partial charge in [0.25, 0.3) is 0 Å². The Bertz CT molecular complexity index is 1300. The highest BCUT2D eigenvalue weighted by Gasteiger charge is 2.14. The number of carbonyl (C=O) groups excluding carboxylic acids is 1. The van der Waals surface area contributed by atoms with E-state index in [0.29, 0.717) is 16.4 Å². The van der Waals surface area contributed by atoms with Gasteiger partial charge in [0.1, 0.15) is 0 Å². The third kappa shape index (κ3) is 5.46. The number of nitrogens with one attached hydrogen (secondary N) is 2. The molecule has 4 aromatic rings. The van der Waals surface area contributed by atoms with Gasteiger partial charge in [0.05, 0.1) is 5.69 Å². The van der Waals surface area contributed by atoms with Gasteiger partial charge in [0.2, 0.25) is 5.91 Å². The molecule has 0 atom stereocenters. The molecule has 2 N–H and O–H groups in total. The Hall–Kier alpha value is -3.10. The molecule has 8 heteroatoms. The first-order valence-electron chi connectivity index (χ1n) is 11.0. The molecule has 1 amide bonds. The number of aryl methyl sites for hydroxylation is 3. The van der Waals surface area contributed by atoms with Crippen LogP contribution in [-0.4, -0.2) is 25.7 Å². The minimum Gasteiger partial charge on any atom is -0.302 e. The van der Waals surface area contributed by atoms with Crippen molar-refractivity contribution < 1.29 is 4.79 Å². The van der Waals surface area contributed by atoms with Crippen molar-refractivity contribution >= 4 is 34.6 Å².